The largest absolute Gasteiger partial charge is 0.346 e. The summed E-state index contributed by atoms with van der Waals surface area (Å²) in [5.41, 5.74) is -0.419. The molecule has 0 unspecified atom stereocenters. The molecule has 1 atom stereocenters. The molecule has 5 nitrogen and oxygen atoms in total. The molecule has 1 saturated carbocycles. The van der Waals surface area contributed by atoms with Crippen LogP contribution >= 0.6 is 11.3 Å². The molecule has 3 rings (SSSR count). The van der Waals surface area contributed by atoms with Gasteiger partial charge in [0.2, 0.25) is 11.8 Å². The minimum Gasteiger partial charge on any atom is -0.346 e. The number of nitrogens with one attached hydrogen (secondary N) is 1. The lowest BCUT2D eigenvalue weighted by Crippen LogP contribution is -2.45. The van der Waals surface area contributed by atoms with Crippen LogP contribution in [0, 0.1) is 17.3 Å². The molecular weight excluding hydrogens is 322 g/mol. The van der Waals surface area contributed by atoms with E-state index in [0.717, 1.165) is 43.8 Å². The van der Waals surface area contributed by atoms with Gasteiger partial charge in [-0.3, -0.25) is 9.59 Å². The average Bonchev–Trinajstić information content (AvgIpc) is 3.26. The van der Waals surface area contributed by atoms with Crippen LogP contribution in [-0.4, -0.2) is 34.8 Å². The molecular formula is C18H27N3O2S. The number of nitrogens with zero attached hydrogens (tertiary/aromatic N) is 2. The lowest BCUT2D eigenvalue weighted by atomic mass is 9.87. The zero-order valence-electron chi connectivity index (χ0n) is 14.7. The van der Waals surface area contributed by atoms with Gasteiger partial charge in [-0.1, -0.05) is 20.8 Å². The van der Waals surface area contributed by atoms with E-state index in [1.54, 1.807) is 17.5 Å². The lowest BCUT2D eigenvalue weighted by molar-refractivity contribution is -0.135. The number of thiazole rings is 1. The van der Waals surface area contributed by atoms with Crippen molar-refractivity contribution in [3.05, 3.63) is 16.6 Å². The Bertz CT molecular complexity index is 582. The van der Waals surface area contributed by atoms with Crippen molar-refractivity contribution in [2.24, 2.45) is 17.3 Å². The molecule has 1 saturated heterocycles. The van der Waals surface area contributed by atoms with Crippen LogP contribution in [0.5, 0.6) is 0 Å². The Kier molecular flexibility index (Phi) is 4.95. The second-order valence-electron chi connectivity index (χ2n) is 8.01. The summed E-state index contributed by atoms with van der Waals surface area (Å²) in [6, 6.07) is -0.0464. The molecule has 1 aromatic heterocycles. The number of carbonyl (C=O) groups is 2. The highest BCUT2D eigenvalue weighted by atomic mass is 32.1. The van der Waals surface area contributed by atoms with E-state index in [9.17, 15) is 9.59 Å². The number of aromatic nitrogens is 1. The van der Waals surface area contributed by atoms with Crippen molar-refractivity contribution in [3.8, 4) is 0 Å². The molecule has 2 heterocycles. The molecule has 6 heteroatoms. The first-order chi connectivity index (χ1) is 11.4. The van der Waals surface area contributed by atoms with Gasteiger partial charge in [-0.05, 0) is 31.6 Å². The number of likely N-dealkylation sites (tertiary alicyclic amines) is 1. The highest BCUT2D eigenvalue weighted by Crippen LogP contribution is 2.36. The number of amides is 2. The van der Waals surface area contributed by atoms with Crippen molar-refractivity contribution in [2.75, 3.05) is 13.1 Å². The summed E-state index contributed by atoms with van der Waals surface area (Å²) in [5, 5.41) is 6.14. The van der Waals surface area contributed by atoms with Crippen molar-refractivity contribution in [3.63, 3.8) is 0 Å². The molecule has 132 valence electrons. The maximum atomic E-state index is 12.5. The fraction of sp³-hybridized carbons (Fsp3) is 0.722. The minimum absolute atomic E-state index is 0.0464. The van der Waals surface area contributed by atoms with Gasteiger partial charge in [0.1, 0.15) is 5.01 Å². The van der Waals surface area contributed by atoms with Gasteiger partial charge in [-0.25, -0.2) is 4.98 Å². The number of hydrogen-bond acceptors (Lipinski definition) is 4. The molecule has 0 bridgehead atoms. The molecule has 0 spiro atoms. The summed E-state index contributed by atoms with van der Waals surface area (Å²) in [4.78, 5) is 31.2. The Hall–Kier alpha value is -1.43. The Morgan fingerprint density at radius 2 is 1.92 bits per heavy atom. The van der Waals surface area contributed by atoms with Crippen LogP contribution in [-0.2, 0) is 9.59 Å². The molecule has 1 aliphatic heterocycles. The summed E-state index contributed by atoms with van der Waals surface area (Å²) in [6.07, 6.45) is 5.76. The van der Waals surface area contributed by atoms with Crippen LogP contribution in [0.2, 0.25) is 0 Å². The van der Waals surface area contributed by atoms with Gasteiger partial charge in [0.25, 0.3) is 0 Å². The first kappa shape index (κ1) is 17.4. The van der Waals surface area contributed by atoms with Gasteiger partial charge in [-0.15, -0.1) is 11.3 Å². The standard InChI is InChI=1S/C18H27N3O2S/c1-18(2,3)17(23)20-14(15-19-8-11-24-15)12-6-9-21(10-7-12)16(22)13-4-5-13/h8,11-14H,4-7,9-10H2,1-3H3,(H,20,23)/t14-/m0/s1. The molecule has 2 fully saturated rings. The van der Waals surface area contributed by atoms with Gasteiger partial charge in [0.05, 0.1) is 6.04 Å². The predicted octanol–water partition coefficient (Wildman–Crippen LogP) is 3.00. The Morgan fingerprint density at radius 3 is 2.42 bits per heavy atom. The molecule has 2 amide bonds. The van der Waals surface area contributed by atoms with Gasteiger partial charge in [-0.2, -0.15) is 0 Å². The Balaban J connectivity index is 1.66. The van der Waals surface area contributed by atoms with E-state index >= 15 is 0 Å². The smallest absolute Gasteiger partial charge is 0.225 e. The minimum atomic E-state index is -0.419. The summed E-state index contributed by atoms with van der Waals surface area (Å²) >= 11 is 1.59. The van der Waals surface area contributed by atoms with Gasteiger partial charge in [0.15, 0.2) is 0 Å². The highest BCUT2D eigenvalue weighted by molar-refractivity contribution is 7.09. The van der Waals surface area contributed by atoms with Crippen LogP contribution in [0.4, 0.5) is 0 Å². The SMILES string of the molecule is CC(C)(C)C(=O)N[C@H](c1nccs1)C1CCN(C(=O)C2CC2)CC1. The fourth-order valence-corrected chi connectivity index (χ4v) is 3.95. The topological polar surface area (TPSA) is 62.3 Å². The molecule has 2 aliphatic rings. The van der Waals surface area contributed by atoms with E-state index in [2.05, 4.69) is 10.3 Å². The van der Waals surface area contributed by atoms with Crippen LogP contribution in [0.3, 0.4) is 0 Å². The summed E-state index contributed by atoms with van der Waals surface area (Å²) in [6.45, 7) is 7.38. The van der Waals surface area contributed by atoms with Crippen LogP contribution < -0.4 is 5.32 Å². The third-order valence-electron chi connectivity index (χ3n) is 4.93. The van der Waals surface area contributed by atoms with Gasteiger partial charge >= 0.3 is 0 Å². The van der Waals surface area contributed by atoms with E-state index in [1.807, 2.05) is 31.1 Å². The average molecular weight is 350 g/mol. The first-order valence-electron chi connectivity index (χ1n) is 8.85. The third-order valence-corrected chi connectivity index (χ3v) is 5.79. The molecule has 1 N–H and O–H groups in total. The zero-order valence-corrected chi connectivity index (χ0v) is 15.6. The molecule has 0 radical (unpaired) electrons. The van der Waals surface area contributed by atoms with Crippen LogP contribution in [0.1, 0.15) is 57.5 Å². The highest BCUT2D eigenvalue weighted by Gasteiger charge is 2.37. The normalized spacial score (nSPS) is 20.7. The van der Waals surface area contributed by atoms with Crippen molar-refractivity contribution in [1.29, 1.82) is 0 Å². The fourth-order valence-electron chi connectivity index (χ4n) is 3.17. The van der Waals surface area contributed by atoms with Crippen molar-refractivity contribution >= 4 is 23.2 Å². The lowest BCUT2D eigenvalue weighted by Gasteiger charge is -2.36. The van der Waals surface area contributed by atoms with E-state index in [4.69, 9.17) is 0 Å². The Labute approximate surface area is 147 Å². The maximum absolute atomic E-state index is 12.5. The first-order valence-corrected chi connectivity index (χ1v) is 9.73. The quantitative estimate of drug-likeness (QED) is 0.909. The van der Waals surface area contributed by atoms with Crippen molar-refractivity contribution < 1.29 is 9.59 Å². The van der Waals surface area contributed by atoms with Gasteiger partial charge in [0, 0.05) is 36.0 Å². The number of carbonyl (C=O) groups excluding carboxylic acids is 2. The van der Waals surface area contributed by atoms with Crippen LogP contribution in [0.25, 0.3) is 0 Å². The second-order valence-corrected chi connectivity index (χ2v) is 8.93. The number of rotatable bonds is 4. The predicted molar refractivity (Wildman–Crippen MR) is 94.5 cm³/mol. The zero-order chi connectivity index (χ0) is 17.3. The number of piperidine rings is 1. The maximum Gasteiger partial charge on any atom is 0.225 e. The molecule has 1 aromatic rings. The van der Waals surface area contributed by atoms with E-state index < -0.39 is 5.41 Å². The summed E-state index contributed by atoms with van der Waals surface area (Å²) in [5.74, 6) is 1.01. The number of hydrogen-bond donors (Lipinski definition) is 1. The second kappa shape index (κ2) is 6.82. The van der Waals surface area contributed by atoms with E-state index in [-0.39, 0.29) is 17.9 Å². The van der Waals surface area contributed by atoms with E-state index in [0.29, 0.717) is 11.8 Å². The van der Waals surface area contributed by atoms with Crippen molar-refractivity contribution in [2.45, 2.75) is 52.5 Å². The van der Waals surface area contributed by atoms with Gasteiger partial charge < -0.3 is 10.2 Å². The summed E-state index contributed by atoms with van der Waals surface area (Å²) in [7, 11) is 0. The van der Waals surface area contributed by atoms with E-state index in [1.165, 1.54) is 0 Å². The van der Waals surface area contributed by atoms with Crippen LogP contribution in [0.15, 0.2) is 11.6 Å². The third kappa shape index (κ3) is 3.97. The van der Waals surface area contributed by atoms with Crippen molar-refractivity contribution in [1.82, 2.24) is 15.2 Å². The molecule has 1 aliphatic carbocycles. The molecule has 24 heavy (non-hydrogen) atoms. The monoisotopic (exact) mass is 349 g/mol. The summed E-state index contributed by atoms with van der Waals surface area (Å²) < 4.78 is 0. The Morgan fingerprint density at radius 1 is 1.25 bits per heavy atom. The molecule has 0 aromatic carbocycles.